The van der Waals surface area contributed by atoms with Gasteiger partial charge in [-0.15, -0.1) is 0 Å². The summed E-state index contributed by atoms with van der Waals surface area (Å²) in [6.07, 6.45) is -19.7. The molecule has 0 spiro atoms. The summed E-state index contributed by atoms with van der Waals surface area (Å²) >= 11 is 0. The number of alkyl halides is 17. The first-order valence-electron chi connectivity index (χ1n) is 6.90. The number of nitrogens with zero attached hydrogens (tertiary/aromatic N) is 2. The molecule has 33 heavy (non-hydrogen) atoms. The largest absolute Gasteiger partial charge is 0.460 e. The van der Waals surface area contributed by atoms with Gasteiger partial charge in [-0.05, 0) is 0 Å². The molecule has 1 aromatic rings. The van der Waals surface area contributed by atoms with Crippen molar-refractivity contribution in [3.63, 3.8) is 0 Å². The molecule has 0 amide bonds. The lowest BCUT2D eigenvalue weighted by Gasteiger charge is -2.44. The second-order valence-electron chi connectivity index (χ2n) is 5.79. The van der Waals surface area contributed by atoms with Gasteiger partial charge in [0, 0.05) is 0 Å². The molecule has 194 valence electrons. The maximum absolute atomic E-state index is 14.2. The van der Waals surface area contributed by atoms with Gasteiger partial charge in [0.15, 0.2) is 0 Å². The molecule has 0 N–H and O–H groups in total. The molecule has 0 aliphatic carbocycles. The van der Waals surface area contributed by atoms with Gasteiger partial charge < -0.3 is 0 Å². The number of hydrogen-bond acceptors (Lipinski definition) is 1. The lowest BCUT2D eigenvalue weighted by molar-refractivity contribution is -0.466. The maximum atomic E-state index is 14.2. The molecule has 1 rings (SSSR count). The minimum atomic E-state index is -8.96. The van der Waals surface area contributed by atoms with E-state index in [1.54, 1.807) is 0 Å². The minimum Gasteiger partial charge on any atom is -0.226 e. The van der Waals surface area contributed by atoms with Crippen molar-refractivity contribution in [2.45, 2.75) is 47.8 Å². The summed E-state index contributed by atoms with van der Waals surface area (Å²) in [5.41, 5.74) is 0. The number of rotatable bonds is 6. The number of aromatic nitrogens is 2. The van der Waals surface area contributed by atoms with E-state index >= 15 is 0 Å². The first-order chi connectivity index (χ1) is 14.1. The Morgan fingerprint density at radius 3 is 1.06 bits per heavy atom. The van der Waals surface area contributed by atoms with Crippen molar-refractivity contribution in [3.8, 4) is 0 Å². The molecular formula is C11F20N2. The standard InChI is InChI=1S/C11F20N2/c12-1-2(13)33(3(14)32-1)9(25,11(29,30)31)7(21,22)5(17,18)4(15,16)6(19,20)8(23,24)10(26,27)28. The van der Waals surface area contributed by atoms with Gasteiger partial charge in [0.05, 0.1) is 0 Å². The van der Waals surface area contributed by atoms with E-state index in [1.807, 2.05) is 0 Å². The van der Waals surface area contributed by atoms with Gasteiger partial charge in [-0.3, -0.25) is 0 Å². The van der Waals surface area contributed by atoms with Crippen molar-refractivity contribution < 1.29 is 87.8 Å². The van der Waals surface area contributed by atoms with Crippen molar-refractivity contribution in [1.29, 1.82) is 0 Å². The predicted octanol–water partition coefficient (Wildman–Crippen LogP) is 6.22. The molecule has 1 unspecified atom stereocenters. The number of halogens is 20. The Bertz CT molecular complexity index is 889. The van der Waals surface area contributed by atoms with Crippen molar-refractivity contribution in [2.24, 2.45) is 0 Å². The zero-order valence-electron chi connectivity index (χ0n) is 14.0. The Morgan fingerprint density at radius 1 is 0.455 bits per heavy atom. The maximum Gasteiger partial charge on any atom is 0.460 e. The van der Waals surface area contributed by atoms with Gasteiger partial charge in [0.1, 0.15) is 0 Å². The van der Waals surface area contributed by atoms with Crippen LogP contribution in [0.4, 0.5) is 87.8 Å². The Hall–Kier alpha value is -2.19. The molecular weight excluding hydrogens is 540 g/mol. The average Bonchev–Trinajstić information content (AvgIpc) is 2.83. The molecule has 1 heterocycles. The van der Waals surface area contributed by atoms with E-state index in [2.05, 4.69) is 0 Å². The van der Waals surface area contributed by atoms with Gasteiger partial charge in [0.2, 0.25) is 0 Å². The Labute approximate surface area is 164 Å². The predicted molar refractivity (Wildman–Crippen MR) is 58.0 cm³/mol. The monoisotopic (exact) mass is 540 g/mol. The fourth-order valence-corrected chi connectivity index (χ4v) is 2.04. The quantitative estimate of drug-likeness (QED) is 0.392. The van der Waals surface area contributed by atoms with E-state index in [1.165, 1.54) is 4.98 Å². The summed E-state index contributed by atoms with van der Waals surface area (Å²) in [5, 5.41) is 0. The fourth-order valence-electron chi connectivity index (χ4n) is 2.04. The third kappa shape index (κ3) is 3.36. The topological polar surface area (TPSA) is 17.8 Å². The third-order valence-electron chi connectivity index (χ3n) is 3.77. The molecule has 0 saturated carbocycles. The Kier molecular flexibility index (Phi) is 6.25. The zero-order chi connectivity index (χ0) is 27.0. The summed E-state index contributed by atoms with van der Waals surface area (Å²) in [6, 6.07) is 0. The van der Waals surface area contributed by atoms with Crippen LogP contribution in [0.25, 0.3) is 0 Å². The van der Waals surface area contributed by atoms with Crippen LogP contribution in [0, 0.1) is 18.0 Å². The summed E-state index contributed by atoms with van der Waals surface area (Å²) in [4.78, 5) is 1.30. The van der Waals surface area contributed by atoms with Gasteiger partial charge in [-0.25, -0.2) is 8.96 Å². The van der Waals surface area contributed by atoms with Crippen LogP contribution >= 0.6 is 0 Å². The highest BCUT2D eigenvalue weighted by Gasteiger charge is 2.95. The van der Waals surface area contributed by atoms with Gasteiger partial charge in [-0.1, -0.05) is 0 Å². The molecule has 1 atom stereocenters. The first kappa shape index (κ1) is 28.8. The van der Waals surface area contributed by atoms with Crippen LogP contribution < -0.4 is 0 Å². The third-order valence-corrected chi connectivity index (χ3v) is 3.77. The summed E-state index contributed by atoms with van der Waals surface area (Å²) in [6.45, 7) is 0. The second-order valence-corrected chi connectivity index (χ2v) is 5.79. The molecule has 0 aliphatic rings. The van der Waals surface area contributed by atoms with E-state index in [0.29, 0.717) is 0 Å². The smallest absolute Gasteiger partial charge is 0.226 e. The van der Waals surface area contributed by atoms with Gasteiger partial charge >= 0.3 is 47.8 Å². The summed E-state index contributed by atoms with van der Waals surface area (Å²) in [5.74, 6) is -59.1. The Balaban J connectivity index is 4.02. The van der Waals surface area contributed by atoms with Crippen LogP contribution in [0.3, 0.4) is 0 Å². The molecule has 22 heteroatoms. The highest BCUT2D eigenvalue weighted by Crippen LogP contribution is 2.65. The molecule has 1 aromatic heterocycles. The zero-order valence-corrected chi connectivity index (χ0v) is 14.0. The SMILES string of the molecule is Fc1nc(F)n(C(F)(C(F)(F)F)C(F)(F)C(F)(F)C(F)(F)C(F)(F)C(F)(F)C(F)(F)F)c1F. The van der Waals surface area contributed by atoms with Gasteiger partial charge in [-0.2, -0.15) is 88.4 Å². The molecule has 0 saturated heterocycles. The van der Waals surface area contributed by atoms with Crippen LogP contribution in [0.5, 0.6) is 0 Å². The van der Waals surface area contributed by atoms with Crippen molar-refractivity contribution in [3.05, 3.63) is 18.0 Å². The number of hydrogen-bond donors (Lipinski definition) is 0. The van der Waals surface area contributed by atoms with Gasteiger partial charge in [0.25, 0.3) is 18.0 Å². The van der Waals surface area contributed by atoms with Crippen molar-refractivity contribution in [1.82, 2.24) is 9.55 Å². The second kappa shape index (κ2) is 7.15. The minimum absolute atomic E-state index is 1.30. The molecule has 0 aliphatic heterocycles. The fraction of sp³-hybridized carbons (Fsp3) is 0.727. The lowest BCUT2D eigenvalue weighted by atomic mass is 9.89. The van der Waals surface area contributed by atoms with E-state index in [0.717, 1.165) is 0 Å². The highest BCUT2D eigenvalue weighted by atomic mass is 19.4. The van der Waals surface area contributed by atoms with E-state index in [-0.39, 0.29) is 0 Å². The van der Waals surface area contributed by atoms with Crippen LogP contribution in [0.1, 0.15) is 0 Å². The first-order valence-corrected chi connectivity index (χ1v) is 6.90. The normalized spacial score (nSPS) is 17.3. The molecule has 0 radical (unpaired) electrons. The van der Waals surface area contributed by atoms with E-state index in [9.17, 15) is 87.8 Å². The molecule has 0 bridgehead atoms. The highest BCUT2D eigenvalue weighted by molar-refractivity contribution is 5.16. The van der Waals surface area contributed by atoms with Crippen LogP contribution in [0.2, 0.25) is 0 Å². The number of imidazole rings is 1. The van der Waals surface area contributed by atoms with E-state index < -0.39 is 70.3 Å². The molecule has 0 aromatic carbocycles. The molecule has 0 fully saturated rings. The average molecular weight is 540 g/mol. The van der Waals surface area contributed by atoms with Crippen LogP contribution in [-0.4, -0.2) is 51.5 Å². The van der Waals surface area contributed by atoms with Crippen LogP contribution in [0.15, 0.2) is 0 Å². The van der Waals surface area contributed by atoms with Crippen molar-refractivity contribution in [2.75, 3.05) is 0 Å². The van der Waals surface area contributed by atoms with E-state index in [4.69, 9.17) is 0 Å². The summed E-state index contributed by atoms with van der Waals surface area (Å²) < 4.78 is 258. The summed E-state index contributed by atoms with van der Waals surface area (Å²) in [7, 11) is 0. The van der Waals surface area contributed by atoms with Crippen LogP contribution in [-0.2, 0) is 5.79 Å². The molecule has 2 nitrogen and oxygen atoms in total. The van der Waals surface area contributed by atoms with Crippen molar-refractivity contribution >= 4 is 0 Å². The lowest BCUT2D eigenvalue weighted by Crippen LogP contribution is -2.75. The Morgan fingerprint density at radius 2 is 0.788 bits per heavy atom.